The molecule has 3 rings (SSSR count). The number of allylic oxidation sites excluding steroid dienone is 2. The Labute approximate surface area is 168 Å². The molecule has 144 valence electrons. The van der Waals surface area contributed by atoms with Gasteiger partial charge in [0, 0.05) is 16.0 Å². The Morgan fingerprint density at radius 3 is 2.37 bits per heavy atom. The summed E-state index contributed by atoms with van der Waals surface area (Å²) >= 11 is 3.46. The van der Waals surface area contributed by atoms with E-state index in [9.17, 15) is 19.8 Å². The van der Waals surface area contributed by atoms with E-state index in [1.54, 1.807) is 13.8 Å². The molecule has 1 aromatic rings. The third kappa shape index (κ3) is 3.38. The van der Waals surface area contributed by atoms with Gasteiger partial charge in [0.1, 0.15) is 0 Å². The zero-order valence-electron chi connectivity index (χ0n) is 15.7. The van der Waals surface area contributed by atoms with Crippen LogP contribution in [0.15, 0.2) is 46.0 Å². The summed E-state index contributed by atoms with van der Waals surface area (Å²) in [6, 6.07) is 7.61. The van der Waals surface area contributed by atoms with Gasteiger partial charge >= 0.3 is 11.9 Å². The van der Waals surface area contributed by atoms with Crippen molar-refractivity contribution < 1.29 is 19.8 Å². The Bertz CT molecular complexity index is 832. The highest BCUT2D eigenvalue weighted by molar-refractivity contribution is 9.10. The molecule has 0 aliphatic heterocycles. The highest BCUT2D eigenvalue weighted by Crippen LogP contribution is 2.53. The first-order valence-electron chi connectivity index (χ1n) is 9.45. The molecule has 2 N–H and O–H groups in total. The number of carboxylic acid groups (broad SMARTS) is 2. The Morgan fingerprint density at radius 1 is 1.15 bits per heavy atom. The van der Waals surface area contributed by atoms with Crippen molar-refractivity contribution in [1.29, 1.82) is 0 Å². The van der Waals surface area contributed by atoms with Crippen LogP contribution in [0, 0.1) is 17.3 Å². The minimum atomic E-state index is -1.19. The molecule has 0 aromatic heterocycles. The molecule has 0 bridgehead atoms. The molecule has 27 heavy (non-hydrogen) atoms. The number of carboxylic acids is 2. The number of hydrogen-bond donors (Lipinski definition) is 2. The highest BCUT2D eigenvalue weighted by atomic mass is 79.9. The van der Waals surface area contributed by atoms with Crippen LogP contribution in [0.1, 0.15) is 51.5 Å². The van der Waals surface area contributed by atoms with Crippen LogP contribution in [0.25, 0.3) is 5.57 Å². The van der Waals surface area contributed by atoms with Gasteiger partial charge in [0.15, 0.2) is 0 Å². The van der Waals surface area contributed by atoms with Crippen LogP contribution < -0.4 is 0 Å². The second kappa shape index (κ2) is 7.63. The molecule has 5 heteroatoms. The van der Waals surface area contributed by atoms with Gasteiger partial charge in [-0.3, -0.25) is 4.79 Å². The lowest BCUT2D eigenvalue weighted by molar-refractivity contribution is -0.153. The summed E-state index contributed by atoms with van der Waals surface area (Å²) in [5, 5.41) is 20.3. The Balaban J connectivity index is 2.26. The van der Waals surface area contributed by atoms with Crippen molar-refractivity contribution in [3.05, 3.63) is 51.5 Å². The van der Waals surface area contributed by atoms with Gasteiger partial charge < -0.3 is 10.2 Å². The molecular weight excluding hydrogens is 408 g/mol. The van der Waals surface area contributed by atoms with Crippen molar-refractivity contribution in [2.75, 3.05) is 0 Å². The number of rotatable bonds is 4. The fourth-order valence-electron chi connectivity index (χ4n) is 4.96. The predicted molar refractivity (Wildman–Crippen MR) is 108 cm³/mol. The third-order valence-corrected chi connectivity index (χ3v) is 6.85. The predicted octanol–water partition coefficient (Wildman–Crippen LogP) is 5.53. The molecule has 0 amide bonds. The van der Waals surface area contributed by atoms with Gasteiger partial charge in [-0.05, 0) is 54.5 Å². The summed E-state index contributed by atoms with van der Waals surface area (Å²) in [7, 11) is 0. The van der Waals surface area contributed by atoms with Crippen LogP contribution in [-0.4, -0.2) is 22.2 Å². The van der Waals surface area contributed by atoms with Crippen LogP contribution in [0.3, 0.4) is 0 Å². The largest absolute Gasteiger partial charge is 0.481 e. The molecule has 0 radical (unpaired) electrons. The van der Waals surface area contributed by atoms with E-state index in [1.165, 1.54) is 0 Å². The molecule has 1 saturated carbocycles. The van der Waals surface area contributed by atoms with Crippen molar-refractivity contribution in [3.8, 4) is 0 Å². The Kier molecular flexibility index (Phi) is 5.61. The summed E-state index contributed by atoms with van der Waals surface area (Å²) in [4.78, 5) is 24.8. The van der Waals surface area contributed by atoms with Crippen LogP contribution in [0.2, 0.25) is 0 Å². The minimum Gasteiger partial charge on any atom is -0.481 e. The zero-order valence-corrected chi connectivity index (χ0v) is 17.3. The van der Waals surface area contributed by atoms with Crippen molar-refractivity contribution in [3.63, 3.8) is 0 Å². The second-order valence-electron chi connectivity index (χ2n) is 7.71. The number of aliphatic carboxylic acids is 2. The second-order valence-corrected chi connectivity index (χ2v) is 8.62. The lowest BCUT2D eigenvalue weighted by Crippen LogP contribution is -2.47. The van der Waals surface area contributed by atoms with Gasteiger partial charge in [0.25, 0.3) is 0 Å². The molecular formula is C22H25BrO4. The quantitative estimate of drug-likeness (QED) is 0.655. The summed E-state index contributed by atoms with van der Waals surface area (Å²) in [6.45, 7) is 3.56. The number of halogens is 1. The van der Waals surface area contributed by atoms with Gasteiger partial charge in [-0.25, -0.2) is 4.79 Å². The first-order chi connectivity index (χ1) is 12.8. The van der Waals surface area contributed by atoms with Gasteiger partial charge in [0.05, 0.1) is 5.41 Å². The summed E-state index contributed by atoms with van der Waals surface area (Å²) in [5.74, 6) is -2.57. The monoisotopic (exact) mass is 432 g/mol. The Hall–Kier alpha value is -1.88. The Morgan fingerprint density at radius 2 is 1.81 bits per heavy atom. The molecule has 0 saturated heterocycles. The lowest BCUT2D eigenvalue weighted by atomic mass is 9.57. The molecule has 2 aliphatic carbocycles. The number of hydrogen-bond acceptors (Lipinski definition) is 2. The number of benzene rings is 1. The average molecular weight is 433 g/mol. The molecule has 2 atom stereocenters. The fraction of sp³-hybridized carbons (Fsp3) is 0.455. The van der Waals surface area contributed by atoms with Crippen molar-refractivity contribution in [1.82, 2.24) is 0 Å². The summed E-state index contributed by atoms with van der Waals surface area (Å²) < 4.78 is 0.878. The van der Waals surface area contributed by atoms with Crippen molar-refractivity contribution in [2.24, 2.45) is 17.3 Å². The SMILES string of the molecule is CC1=C(C(=O)O)C(C)C(C(=O)O)(C2CCCCC2)C=C1c1cccc(Br)c1. The molecule has 0 spiro atoms. The smallest absolute Gasteiger partial charge is 0.332 e. The van der Waals surface area contributed by atoms with E-state index in [2.05, 4.69) is 15.9 Å². The fourth-order valence-corrected chi connectivity index (χ4v) is 5.35. The maximum atomic E-state index is 12.6. The molecule has 2 unspecified atom stereocenters. The maximum Gasteiger partial charge on any atom is 0.332 e. The minimum absolute atomic E-state index is 0.0525. The van der Waals surface area contributed by atoms with Crippen LogP contribution in [-0.2, 0) is 9.59 Å². The van der Waals surface area contributed by atoms with Crippen LogP contribution in [0.4, 0.5) is 0 Å². The van der Waals surface area contributed by atoms with Gasteiger partial charge in [0.2, 0.25) is 0 Å². The van der Waals surface area contributed by atoms with E-state index >= 15 is 0 Å². The first-order valence-corrected chi connectivity index (χ1v) is 10.2. The van der Waals surface area contributed by atoms with Gasteiger partial charge in [-0.2, -0.15) is 0 Å². The van der Waals surface area contributed by atoms with E-state index in [0.29, 0.717) is 5.57 Å². The normalized spacial score (nSPS) is 26.6. The third-order valence-electron chi connectivity index (χ3n) is 6.36. The number of carbonyl (C=O) groups is 2. The summed E-state index contributed by atoms with van der Waals surface area (Å²) in [5.41, 5.74) is 1.25. The van der Waals surface area contributed by atoms with E-state index in [0.717, 1.165) is 47.7 Å². The zero-order chi connectivity index (χ0) is 19.8. The molecule has 0 heterocycles. The van der Waals surface area contributed by atoms with Crippen LogP contribution >= 0.6 is 15.9 Å². The standard InChI is InChI=1S/C22H25BrO4/c1-13-18(15-7-6-10-17(23)11-15)12-22(21(26)27,14(2)19(13)20(24)25)16-8-4-3-5-9-16/h6-7,10-12,14,16H,3-5,8-9H2,1-2H3,(H,24,25)(H,26,27). The van der Waals surface area contributed by atoms with E-state index in [1.807, 2.05) is 30.3 Å². The van der Waals surface area contributed by atoms with Gasteiger partial charge in [-0.1, -0.05) is 60.3 Å². The molecule has 1 fully saturated rings. The molecule has 1 aromatic carbocycles. The van der Waals surface area contributed by atoms with Crippen molar-refractivity contribution >= 4 is 33.4 Å². The maximum absolute atomic E-state index is 12.6. The van der Waals surface area contributed by atoms with Crippen LogP contribution in [0.5, 0.6) is 0 Å². The summed E-state index contributed by atoms with van der Waals surface area (Å²) in [6.07, 6.45) is 6.62. The topological polar surface area (TPSA) is 74.6 Å². The molecule has 2 aliphatic rings. The van der Waals surface area contributed by atoms with Crippen molar-refractivity contribution in [2.45, 2.75) is 46.0 Å². The van der Waals surface area contributed by atoms with E-state index in [4.69, 9.17) is 0 Å². The lowest BCUT2D eigenvalue weighted by Gasteiger charge is -2.45. The molecule has 4 nitrogen and oxygen atoms in total. The van der Waals surface area contributed by atoms with E-state index < -0.39 is 23.3 Å². The van der Waals surface area contributed by atoms with E-state index in [-0.39, 0.29) is 11.5 Å². The first kappa shape index (κ1) is 19.9. The highest BCUT2D eigenvalue weighted by Gasteiger charge is 2.53. The average Bonchev–Trinajstić information content (AvgIpc) is 2.62. The van der Waals surface area contributed by atoms with Gasteiger partial charge in [-0.15, -0.1) is 0 Å².